The fraction of sp³-hybridized carbons (Fsp3) is 0.118. The molecule has 0 aliphatic heterocycles. The van der Waals surface area contributed by atoms with Crippen molar-refractivity contribution in [3.8, 4) is 5.75 Å². The number of aliphatic hydroxyl groups is 1. The molecule has 1 N–H and O–H groups in total. The van der Waals surface area contributed by atoms with Crippen LogP contribution < -0.4 is 4.74 Å². The van der Waals surface area contributed by atoms with E-state index >= 15 is 0 Å². The first-order chi connectivity index (χ1) is 10.3. The number of hydrogen-bond acceptors (Lipinski definition) is 3. The predicted octanol–water partition coefficient (Wildman–Crippen LogP) is 4.07. The Hall–Kier alpha value is -1.91. The highest BCUT2D eigenvalue weighted by Crippen LogP contribution is 2.26. The fourth-order valence-corrected chi connectivity index (χ4v) is 2.63. The number of pyridine rings is 1. The molecule has 0 amide bonds. The SMILES string of the molecule is OCc1cc(OCc2cccc(Br)c2)c2ccccc2n1. The number of rotatable bonds is 4. The Morgan fingerprint density at radius 2 is 1.90 bits per heavy atom. The average Bonchev–Trinajstić information content (AvgIpc) is 2.52. The molecule has 1 aromatic heterocycles. The van der Waals surface area contributed by atoms with Crippen LogP contribution in [0.1, 0.15) is 11.3 Å². The Morgan fingerprint density at radius 3 is 2.71 bits per heavy atom. The number of hydrogen-bond donors (Lipinski definition) is 1. The first-order valence-electron chi connectivity index (χ1n) is 6.63. The van der Waals surface area contributed by atoms with Crippen molar-refractivity contribution in [2.24, 2.45) is 0 Å². The van der Waals surface area contributed by atoms with E-state index in [1.54, 1.807) is 6.07 Å². The monoisotopic (exact) mass is 343 g/mol. The molecule has 1 heterocycles. The molecule has 0 saturated carbocycles. The summed E-state index contributed by atoms with van der Waals surface area (Å²) < 4.78 is 6.96. The van der Waals surface area contributed by atoms with Crippen LogP contribution in [0.2, 0.25) is 0 Å². The number of para-hydroxylation sites is 1. The highest BCUT2D eigenvalue weighted by atomic mass is 79.9. The van der Waals surface area contributed by atoms with Gasteiger partial charge in [0.2, 0.25) is 0 Å². The number of nitrogens with zero attached hydrogens (tertiary/aromatic N) is 1. The molecular formula is C17H14BrNO2. The molecule has 0 radical (unpaired) electrons. The van der Waals surface area contributed by atoms with Gasteiger partial charge in [-0.25, -0.2) is 0 Å². The van der Waals surface area contributed by atoms with E-state index in [0.717, 1.165) is 26.7 Å². The van der Waals surface area contributed by atoms with Crippen LogP contribution in [-0.2, 0) is 13.2 Å². The van der Waals surface area contributed by atoms with Gasteiger partial charge in [-0.3, -0.25) is 4.98 Å². The van der Waals surface area contributed by atoms with Gasteiger partial charge in [0.1, 0.15) is 12.4 Å². The highest BCUT2D eigenvalue weighted by molar-refractivity contribution is 9.10. The molecule has 4 heteroatoms. The summed E-state index contributed by atoms with van der Waals surface area (Å²) in [6.45, 7) is 0.371. The van der Waals surface area contributed by atoms with E-state index < -0.39 is 0 Å². The zero-order valence-electron chi connectivity index (χ0n) is 11.3. The van der Waals surface area contributed by atoms with Crippen LogP contribution in [0.25, 0.3) is 10.9 Å². The van der Waals surface area contributed by atoms with Crippen molar-refractivity contribution >= 4 is 26.8 Å². The molecule has 3 rings (SSSR count). The van der Waals surface area contributed by atoms with Crippen LogP contribution in [0.5, 0.6) is 5.75 Å². The number of fused-ring (bicyclic) bond motifs is 1. The summed E-state index contributed by atoms with van der Waals surface area (Å²) in [7, 11) is 0. The van der Waals surface area contributed by atoms with Gasteiger partial charge >= 0.3 is 0 Å². The van der Waals surface area contributed by atoms with Gasteiger partial charge in [0.15, 0.2) is 0 Å². The van der Waals surface area contributed by atoms with Gasteiger partial charge in [-0.15, -0.1) is 0 Å². The van der Waals surface area contributed by atoms with Crippen molar-refractivity contribution in [1.29, 1.82) is 0 Å². The lowest BCUT2D eigenvalue weighted by atomic mass is 10.2. The molecule has 2 aromatic carbocycles. The van der Waals surface area contributed by atoms with Gasteiger partial charge in [0, 0.05) is 15.9 Å². The molecule has 0 aliphatic rings. The van der Waals surface area contributed by atoms with E-state index in [0.29, 0.717) is 12.3 Å². The number of benzene rings is 2. The van der Waals surface area contributed by atoms with Gasteiger partial charge < -0.3 is 9.84 Å². The minimum Gasteiger partial charge on any atom is -0.488 e. The summed E-state index contributed by atoms with van der Waals surface area (Å²) in [6, 6.07) is 17.6. The lowest BCUT2D eigenvalue weighted by molar-refractivity contribution is 0.274. The Balaban J connectivity index is 1.92. The van der Waals surface area contributed by atoms with Gasteiger partial charge in [-0.05, 0) is 29.8 Å². The minimum absolute atomic E-state index is 0.0991. The second kappa shape index (κ2) is 6.24. The van der Waals surface area contributed by atoms with Crippen LogP contribution >= 0.6 is 15.9 Å². The zero-order valence-corrected chi connectivity index (χ0v) is 12.9. The average molecular weight is 344 g/mol. The first kappa shape index (κ1) is 14.0. The van der Waals surface area contributed by atoms with E-state index in [1.165, 1.54) is 0 Å². The van der Waals surface area contributed by atoms with Crippen molar-refractivity contribution in [2.45, 2.75) is 13.2 Å². The maximum Gasteiger partial charge on any atom is 0.131 e. The molecule has 0 spiro atoms. The van der Waals surface area contributed by atoms with E-state index in [1.807, 2.05) is 48.5 Å². The largest absolute Gasteiger partial charge is 0.488 e. The molecular weight excluding hydrogens is 330 g/mol. The predicted molar refractivity (Wildman–Crippen MR) is 86.1 cm³/mol. The quantitative estimate of drug-likeness (QED) is 0.776. The summed E-state index contributed by atoms with van der Waals surface area (Å²) in [5.74, 6) is 0.740. The van der Waals surface area contributed by atoms with Gasteiger partial charge in [-0.1, -0.05) is 40.2 Å². The Kier molecular flexibility index (Phi) is 4.18. The van der Waals surface area contributed by atoms with E-state index in [2.05, 4.69) is 20.9 Å². The Labute approximate surface area is 131 Å². The Bertz CT molecular complexity index is 774. The topological polar surface area (TPSA) is 42.4 Å². The van der Waals surface area contributed by atoms with Gasteiger partial charge in [0.05, 0.1) is 17.8 Å². The fourth-order valence-electron chi connectivity index (χ4n) is 2.18. The molecule has 0 aliphatic carbocycles. The zero-order chi connectivity index (χ0) is 14.7. The van der Waals surface area contributed by atoms with Crippen LogP contribution in [0, 0.1) is 0 Å². The van der Waals surface area contributed by atoms with Gasteiger partial charge in [0.25, 0.3) is 0 Å². The van der Waals surface area contributed by atoms with Crippen LogP contribution in [0.15, 0.2) is 59.1 Å². The number of aromatic nitrogens is 1. The number of ether oxygens (including phenoxy) is 1. The molecule has 0 saturated heterocycles. The molecule has 3 nitrogen and oxygen atoms in total. The molecule has 106 valence electrons. The van der Waals surface area contributed by atoms with Crippen molar-refractivity contribution < 1.29 is 9.84 Å². The maximum atomic E-state index is 9.32. The smallest absolute Gasteiger partial charge is 0.131 e. The lowest BCUT2D eigenvalue weighted by Crippen LogP contribution is -1.99. The van der Waals surface area contributed by atoms with Crippen molar-refractivity contribution in [2.75, 3.05) is 0 Å². The summed E-state index contributed by atoms with van der Waals surface area (Å²) >= 11 is 3.45. The number of aliphatic hydroxyl groups excluding tert-OH is 1. The van der Waals surface area contributed by atoms with Crippen LogP contribution in [-0.4, -0.2) is 10.1 Å². The summed E-state index contributed by atoms with van der Waals surface area (Å²) in [4.78, 5) is 4.39. The van der Waals surface area contributed by atoms with Crippen molar-refractivity contribution in [3.63, 3.8) is 0 Å². The highest BCUT2D eigenvalue weighted by Gasteiger charge is 2.06. The summed E-state index contributed by atoms with van der Waals surface area (Å²) in [5, 5.41) is 10.3. The Morgan fingerprint density at radius 1 is 1.05 bits per heavy atom. The summed E-state index contributed by atoms with van der Waals surface area (Å²) in [6.07, 6.45) is 0. The van der Waals surface area contributed by atoms with Crippen LogP contribution in [0.3, 0.4) is 0 Å². The van der Waals surface area contributed by atoms with Gasteiger partial charge in [-0.2, -0.15) is 0 Å². The normalized spacial score (nSPS) is 10.8. The van der Waals surface area contributed by atoms with Crippen LogP contribution in [0.4, 0.5) is 0 Å². The molecule has 0 atom stereocenters. The molecule has 0 unspecified atom stereocenters. The van der Waals surface area contributed by atoms with E-state index in [-0.39, 0.29) is 6.61 Å². The summed E-state index contributed by atoms with van der Waals surface area (Å²) in [5.41, 5.74) is 2.52. The van der Waals surface area contributed by atoms with Crippen molar-refractivity contribution in [1.82, 2.24) is 4.98 Å². The van der Waals surface area contributed by atoms with E-state index in [4.69, 9.17) is 4.74 Å². The first-order valence-corrected chi connectivity index (χ1v) is 7.42. The molecule has 0 fully saturated rings. The third-order valence-corrected chi connectivity index (χ3v) is 3.67. The second-order valence-corrected chi connectivity index (χ2v) is 5.62. The van der Waals surface area contributed by atoms with Crippen molar-refractivity contribution in [3.05, 3.63) is 70.3 Å². The third kappa shape index (κ3) is 3.23. The standard InChI is InChI=1S/C17H14BrNO2/c18-13-5-3-4-12(8-13)11-21-17-9-14(10-20)19-16-7-2-1-6-15(16)17/h1-9,20H,10-11H2. The maximum absolute atomic E-state index is 9.32. The lowest BCUT2D eigenvalue weighted by Gasteiger charge is -2.11. The third-order valence-electron chi connectivity index (χ3n) is 3.18. The van der Waals surface area contributed by atoms with E-state index in [9.17, 15) is 5.11 Å². The second-order valence-electron chi connectivity index (χ2n) is 4.71. The number of halogens is 1. The minimum atomic E-state index is -0.0991. The molecule has 21 heavy (non-hydrogen) atoms. The molecule has 0 bridgehead atoms. The molecule has 3 aromatic rings.